The lowest BCUT2D eigenvalue weighted by Gasteiger charge is -2.18. The Morgan fingerprint density at radius 1 is 1.25 bits per heavy atom. The third-order valence-corrected chi connectivity index (χ3v) is 5.60. The molecule has 5 rings (SSSR count). The van der Waals surface area contributed by atoms with Crippen LogP contribution < -0.4 is 15.0 Å². The number of ether oxygens (including phenoxy) is 1. The van der Waals surface area contributed by atoms with E-state index < -0.39 is 4.92 Å². The Morgan fingerprint density at radius 2 is 2.04 bits per heavy atom. The number of aromatic nitrogens is 4. The van der Waals surface area contributed by atoms with Gasteiger partial charge in [-0.25, -0.2) is 9.97 Å². The van der Waals surface area contributed by atoms with Gasteiger partial charge in [0.1, 0.15) is 11.2 Å². The Hall–Kier alpha value is -3.27. The molecule has 2 unspecified atom stereocenters. The normalized spacial score (nSPS) is 21.2. The summed E-state index contributed by atoms with van der Waals surface area (Å²) in [6.07, 6.45) is 1.56. The Bertz CT molecular complexity index is 1050. The highest BCUT2D eigenvalue weighted by Gasteiger charge is 2.37. The second-order valence-corrected chi connectivity index (χ2v) is 7.20. The summed E-state index contributed by atoms with van der Waals surface area (Å²) in [5.41, 5.74) is 2.32. The number of nitro groups is 1. The number of imidazole rings is 1. The summed E-state index contributed by atoms with van der Waals surface area (Å²) in [5.74, 6) is 2.03. The van der Waals surface area contributed by atoms with Gasteiger partial charge in [-0.1, -0.05) is 0 Å². The van der Waals surface area contributed by atoms with Gasteiger partial charge < -0.3 is 19.9 Å². The number of nitro benzene ring substituents is 1. The predicted molar refractivity (Wildman–Crippen MR) is 102 cm³/mol. The molecule has 1 aromatic carbocycles. The first kappa shape index (κ1) is 16.9. The Kier molecular flexibility index (Phi) is 3.86. The van der Waals surface area contributed by atoms with Crippen molar-refractivity contribution in [3.8, 4) is 17.0 Å². The summed E-state index contributed by atoms with van der Waals surface area (Å²) in [5, 5.41) is 14.9. The molecule has 28 heavy (non-hydrogen) atoms. The van der Waals surface area contributed by atoms with Crippen LogP contribution in [0.15, 0.2) is 24.5 Å². The van der Waals surface area contributed by atoms with E-state index in [0.717, 1.165) is 26.2 Å². The van der Waals surface area contributed by atoms with Crippen LogP contribution >= 0.6 is 0 Å². The van der Waals surface area contributed by atoms with Crippen LogP contribution in [0.3, 0.4) is 0 Å². The fraction of sp³-hybridized carbons (Fsp3) is 0.389. The van der Waals surface area contributed by atoms with Gasteiger partial charge in [0.2, 0.25) is 5.95 Å². The van der Waals surface area contributed by atoms with Gasteiger partial charge in [-0.15, -0.1) is 0 Å². The topological polar surface area (TPSA) is 122 Å². The number of methoxy groups -OCH3 is 1. The van der Waals surface area contributed by atoms with E-state index in [9.17, 15) is 10.1 Å². The van der Waals surface area contributed by atoms with Gasteiger partial charge >= 0.3 is 5.69 Å². The van der Waals surface area contributed by atoms with Crippen LogP contribution in [-0.2, 0) is 0 Å². The highest BCUT2D eigenvalue weighted by atomic mass is 16.6. The number of anilines is 1. The number of rotatable bonds is 4. The maximum absolute atomic E-state index is 11.4. The molecule has 2 N–H and O–H groups in total. The molecule has 2 aromatic heterocycles. The van der Waals surface area contributed by atoms with E-state index in [1.54, 1.807) is 18.5 Å². The van der Waals surface area contributed by atoms with Crippen LogP contribution in [0.4, 0.5) is 11.6 Å². The number of fused-ring (bicyclic) bond motifs is 2. The van der Waals surface area contributed by atoms with Crippen molar-refractivity contribution < 1.29 is 9.66 Å². The molecule has 0 bridgehead atoms. The molecule has 4 heterocycles. The Balaban J connectivity index is 1.60. The summed E-state index contributed by atoms with van der Waals surface area (Å²) in [6, 6.07) is 4.83. The molecular formula is C18H19N7O3. The quantitative estimate of drug-likeness (QED) is 0.516. The third kappa shape index (κ3) is 2.64. The molecule has 2 aliphatic rings. The zero-order chi connectivity index (χ0) is 19.3. The number of hydrogen-bond donors (Lipinski definition) is 2. The summed E-state index contributed by atoms with van der Waals surface area (Å²) in [6.45, 7) is 3.83. The summed E-state index contributed by atoms with van der Waals surface area (Å²) in [4.78, 5) is 29.9. The minimum absolute atomic E-state index is 0.102. The highest BCUT2D eigenvalue weighted by Crippen LogP contribution is 2.35. The Labute approximate surface area is 160 Å². The Morgan fingerprint density at radius 3 is 2.75 bits per heavy atom. The van der Waals surface area contributed by atoms with Gasteiger partial charge in [0.05, 0.1) is 18.4 Å². The molecule has 0 aliphatic carbocycles. The van der Waals surface area contributed by atoms with Crippen molar-refractivity contribution >= 4 is 22.8 Å². The van der Waals surface area contributed by atoms with E-state index in [1.165, 1.54) is 13.2 Å². The summed E-state index contributed by atoms with van der Waals surface area (Å²) >= 11 is 0. The average molecular weight is 381 g/mol. The second-order valence-electron chi connectivity index (χ2n) is 7.20. The van der Waals surface area contributed by atoms with Gasteiger partial charge in [-0.05, 0) is 24.0 Å². The molecule has 144 valence electrons. The third-order valence-electron chi connectivity index (χ3n) is 5.60. The summed E-state index contributed by atoms with van der Waals surface area (Å²) < 4.78 is 5.11. The molecule has 0 radical (unpaired) electrons. The van der Waals surface area contributed by atoms with Crippen molar-refractivity contribution in [1.29, 1.82) is 0 Å². The monoisotopic (exact) mass is 381 g/mol. The van der Waals surface area contributed by atoms with Crippen molar-refractivity contribution in [1.82, 2.24) is 25.3 Å². The molecule has 10 nitrogen and oxygen atoms in total. The van der Waals surface area contributed by atoms with Crippen molar-refractivity contribution in [2.24, 2.45) is 11.8 Å². The lowest BCUT2D eigenvalue weighted by molar-refractivity contribution is -0.385. The van der Waals surface area contributed by atoms with Crippen molar-refractivity contribution in [3.63, 3.8) is 0 Å². The molecule has 0 spiro atoms. The fourth-order valence-corrected chi connectivity index (χ4v) is 4.17. The molecular weight excluding hydrogens is 362 g/mol. The van der Waals surface area contributed by atoms with Gasteiger partial charge in [0.15, 0.2) is 11.4 Å². The van der Waals surface area contributed by atoms with Crippen LogP contribution in [0.1, 0.15) is 0 Å². The molecule has 2 aliphatic heterocycles. The van der Waals surface area contributed by atoms with Gasteiger partial charge in [0, 0.05) is 37.8 Å². The van der Waals surface area contributed by atoms with Crippen LogP contribution in [0.5, 0.6) is 5.75 Å². The fourth-order valence-electron chi connectivity index (χ4n) is 4.17. The highest BCUT2D eigenvalue weighted by molar-refractivity contribution is 5.88. The second kappa shape index (κ2) is 6.41. The zero-order valence-corrected chi connectivity index (χ0v) is 15.3. The van der Waals surface area contributed by atoms with Crippen LogP contribution in [0.2, 0.25) is 0 Å². The molecule has 2 fully saturated rings. The lowest BCUT2D eigenvalue weighted by atomic mass is 10.0. The minimum Gasteiger partial charge on any atom is -0.490 e. The standard InChI is InChI=1S/C18H19N7O3/c1-28-14-3-2-10(4-13(14)25(26)27)15-16-17(21-9-20-16)23-18(22-15)24-7-11-5-19-6-12(11)8-24/h2-4,9,11-12,19H,5-8H2,1H3,(H,20,21,22,23). The van der Waals surface area contributed by atoms with Crippen LogP contribution in [0, 0.1) is 22.0 Å². The van der Waals surface area contributed by atoms with E-state index in [1.807, 2.05) is 0 Å². The molecule has 3 aromatic rings. The molecule has 0 amide bonds. The molecule has 10 heteroatoms. The van der Waals surface area contributed by atoms with E-state index in [4.69, 9.17) is 9.72 Å². The predicted octanol–water partition coefficient (Wildman–Crippen LogP) is 1.59. The first-order chi connectivity index (χ1) is 13.6. The van der Waals surface area contributed by atoms with E-state index in [2.05, 4.69) is 25.2 Å². The number of nitrogens with one attached hydrogen (secondary N) is 2. The average Bonchev–Trinajstić information content (AvgIpc) is 3.42. The van der Waals surface area contributed by atoms with Crippen molar-refractivity contribution in [2.75, 3.05) is 38.2 Å². The van der Waals surface area contributed by atoms with Gasteiger partial charge in [0.25, 0.3) is 0 Å². The molecule has 2 saturated heterocycles. The first-order valence-electron chi connectivity index (χ1n) is 9.13. The first-order valence-corrected chi connectivity index (χ1v) is 9.13. The van der Waals surface area contributed by atoms with Crippen LogP contribution in [-0.4, -0.2) is 58.1 Å². The SMILES string of the molecule is COc1ccc(-c2nc(N3CC4CNCC4C3)nc3nc[nH]c23)cc1[N+](=O)[O-]. The maximum atomic E-state index is 11.4. The molecule has 2 atom stereocenters. The lowest BCUT2D eigenvalue weighted by Crippen LogP contribution is -2.27. The number of hydrogen-bond acceptors (Lipinski definition) is 8. The van der Waals surface area contributed by atoms with E-state index in [0.29, 0.717) is 40.2 Å². The zero-order valence-electron chi connectivity index (χ0n) is 15.3. The van der Waals surface area contributed by atoms with E-state index in [-0.39, 0.29) is 11.4 Å². The van der Waals surface area contributed by atoms with Gasteiger partial charge in [-0.3, -0.25) is 10.1 Å². The van der Waals surface area contributed by atoms with Crippen molar-refractivity contribution in [3.05, 3.63) is 34.6 Å². The van der Waals surface area contributed by atoms with E-state index >= 15 is 0 Å². The van der Waals surface area contributed by atoms with Crippen molar-refractivity contribution in [2.45, 2.75) is 0 Å². The number of benzene rings is 1. The number of H-pyrrole nitrogens is 1. The minimum atomic E-state index is -0.455. The number of aromatic amines is 1. The van der Waals surface area contributed by atoms with Crippen LogP contribution in [0.25, 0.3) is 22.4 Å². The maximum Gasteiger partial charge on any atom is 0.311 e. The summed E-state index contributed by atoms with van der Waals surface area (Å²) in [7, 11) is 1.41. The largest absolute Gasteiger partial charge is 0.490 e. The number of nitrogens with zero attached hydrogens (tertiary/aromatic N) is 5. The molecule has 0 saturated carbocycles. The smallest absolute Gasteiger partial charge is 0.311 e. The van der Waals surface area contributed by atoms with Gasteiger partial charge in [-0.2, -0.15) is 4.98 Å².